The van der Waals surface area contributed by atoms with Crippen molar-refractivity contribution in [1.29, 1.82) is 0 Å². The Bertz CT molecular complexity index is 862. The van der Waals surface area contributed by atoms with E-state index < -0.39 is 24.0 Å². The molecule has 1 saturated heterocycles. The van der Waals surface area contributed by atoms with E-state index in [2.05, 4.69) is 32.3 Å². The highest BCUT2D eigenvalue weighted by Gasteiger charge is 2.57. The lowest BCUT2D eigenvalue weighted by Gasteiger charge is -2.38. The van der Waals surface area contributed by atoms with Gasteiger partial charge in [-0.1, -0.05) is 18.2 Å². The molecule has 1 aromatic heterocycles. The van der Waals surface area contributed by atoms with E-state index in [0.29, 0.717) is 25.6 Å². The first-order valence-electron chi connectivity index (χ1n) is 10.4. The summed E-state index contributed by atoms with van der Waals surface area (Å²) in [5.41, 5.74) is -1.91. The Balaban J connectivity index is 1.67. The lowest BCUT2D eigenvalue weighted by Crippen LogP contribution is -2.52. The van der Waals surface area contributed by atoms with E-state index in [4.69, 9.17) is 0 Å². The number of alkyl halides is 3. The summed E-state index contributed by atoms with van der Waals surface area (Å²) in [6.45, 7) is 5.29. The zero-order valence-electron chi connectivity index (χ0n) is 17.8. The number of rotatable bonds is 6. The van der Waals surface area contributed by atoms with Crippen LogP contribution in [0.25, 0.3) is 0 Å². The Morgan fingerprint density at radius 1 is 1.16 bits per heavy atom. The molecule has 1 aliphatic rings. The van der Waals surface area contributed by atoms with Crippen LogP contribution in [0.15, 0.2) is 47.7 Å². The van der Waals surface area contributed by atoms with Gasteiger partial charge in [0.05, 0.1) is 0 Å². The Kier molecular flexibility index (Phi) is 7.09. The zero-order valence-corrected chi connectivity index (χ0v) is 17.8. The van der Waals surface area contributed by atoms with Gasteiger partial charge in [0.2, 0.25) is 5.60 Å². The molecule has 7 nitrogen and oxygen atoms in total. The van der Waals surface area contributed by atoms with Crippen LogP contribution in [-0.4, -0.2) is 71.0 Å². The number of aromatic nitrogens is 2. The summed E-state index contributed by atoms with van der Waals surface area (Å²) in [4.78, 5) is 12.4. The average molecular weight is 438 g/mol. The van der Waals surface area contributed by atoms with Crippen LogP contribution < -0.4 is 10.2 Å². The van der Waals surface area contributed by atoms with Crippen molar-refractivity contribution in [3.8, 4) is 0 Å². The summed E-state index contributed by atoms with van der Waals surface area (Å²) in [5.74, 6) is 0.122. The van der Waals surface area contributed by atoms with Crippen molar-refractivity contribution < 1.29 is 18.3 Å². The van der Waals surface area contributed by atoms with Gasteiger partial charge in [-0.2, -0.15) is 13.2 Å². The lowest BCUT2D eigenvalue weighted by molar-refractivity contribution is -0.272. The van der Waals surface area contributed by atoms with Gasteiger partial charge in [-0.3, -0.25) is 4.99 Å². The maximum absolute atomic E-state index is 13.7. The van der Waals surface area contributed by atoms with Crippen LogP contribution in [0.5, 0.6) is 0 Å². The molecular weight excluding hydrogens is 409 g/mol. The molecule has 170 valence electrons. The fourth-order valence-electron chi connectivity index (χ4n) is 3.71. The third kappa shape index (κ3) is 5.12. The van der Waals surface area contributed by atoms with E-state index in [9.17, 15) is 18.3 Å². The minimum Gasteiger partial charge on any atom is -0.374 e. The Labute approximate surface area is 180 Å². The predicted molar refractivity (Wildman–Crippen MR) is 114 cm³/mol. The molecule has 1 aliphatic heterocycles. The van der Waals surface area contributed by atoms with Gasteiger partial charge < -0.3 is 24.8 Å². The number of anilines is 1. The maximum Gasteiger partial charge on any atom is 0.424 e. The second-order valence-corrected chi connectivity index (χ2v) is 7.52. The highest BCUT2D eigenvalue weighted by Crippen LogP contribution is 2.40. The first kappa shape index (κ1) is 22.9. The maximum atomic E-state index is 13.7. The molecule has 1 unspecified atom stereocenters. The van der Waals surface area contributed by atoms with Crippen molar-refractivity contribution >= 4 is 11.6 Å². The minimum absolute atomic E-state index is 0.190. The third-order valence-corrected chi connectivity index (χ3v) is 5.43. The largest absolute Gasteiger partial charge is 0.424 e. The van der Waals surface area contributed by atoms with Crippen molar-refractivity contribution in [2.45, 2.75) is 25.1 Å². The third-order valence-electron chi connectivity index (χ3n) is 5.43. The SMILES string of the molecule is CCNC(=NCCC(O)(c1nccn1C)C(F)(F)F)N1CCN(c2ccccc2)CC1. The normalized spacial score (nSPS) is 17.5. The quantitative estimate of drug-likeness (QED) is 0.535. The number of benzene rings is 1. The first-order chi connectivity index (χ1) is 14.8. The van der Waals surface area contributed by atoms with E-state index in [-0.39, 0.29) is 6.54 Å². The fraction of sp³-hybridized carbons (Fsp3) is 0.524. The van der Waals surface area contributed by atoms with Gasteiger partial charge in [-0.25, -0.2) is 4.98 Å². The molecule has 10 heteroatoms. The van der Waals surface area contributed by atoms with Crippen LogP contribution in [0, 0.1) is 0 Å². The molecule has 0 radical (unpaired) electrons. The van der Waals surface area contributed by atoms with E-state index in [0.717, 1.165) is 18.8 Å². The summed E-state index contributed by atoms with van der Waals surface area (Å²) in [5, 5.41) is 13.6. The van der Waals surface area contributed by atoms with Crippen LogP contribution in [-0.2, 0) is 12.6 Å². The molecule has 1 fully saturated rings. The van der Waals surface area contributed by atoms with Gasteiger partial charge in [0.15, 0.2) is 5.96 Å². The molecule has 3 rings (SSSR count). The number of imidazole rings is 1. The number of guanidine groups is 1. The van der Waals surface area contributed by atoms with Crippen LogP contribution in [0.4, 0.5) is 18.9 Å². The molecule has 0 saturated carbocycles. The Hall–Kier alpha value is -2.75. The van der Waals surface area contributed by atoms with Crippen molar-refractivity contribution in [2.75, 3.05) is 44.2 Å². The molecule has 0 aliphatic carbocycles. The smallest absolute Gasteiger partial charge is 0.374 e. The molecule has 1 aromatic carbocycles. The van der Waals surface area contributed by atoms with Gasteiger partial charge in [-0.05, 0) is 19.1 Å². The Morgan fingerprint density at radius 2 is 1.84 bits per heavy atom. The molecule has 2 heterocycles. The highest BCUT2D eigenvalue weighted by molar-refractivity contribution is 5.80. The van der Waals surface area contributed by atoms with Crippen LogP contribution in [0.2, 0.25) is 0 Å². The van der Waals surface area contributed by atoms with Gasteiger partial charge >= 0.3 is 6.18 Å². The van der Waals surface area contributed by atoms with E-state index >= 15 is 0 Å². The molecule has 0 spiro atoms. The number of para-hydroxylation sites is 1. The van der Waals surface area contributed by atoms with Crippen LogP contribution in [0.1, 0.15) is 19.2 Å². The first-order valence-corrected chi connectivity index (χ1v) is 10.4. The van der Waals surface area contributed by atoms with E-state index in [1.165, 1.54) is 24.0 Å². The fourth-order valence-corrected chi connectivity index (χ4v) is 3.71. The number of hydrogen-bond donors (Lipinski definition) is 2. The monoisotopic (exact) mass is 438 g/mol. The summed E-state index contributed by atoms with van der Waals surface area (Å²) < 4.78 is 42.3. The van der Waals surface area contributed by atoms with Crippen molar-refractivity contribution in [2.24, 2.45) is 12.0 Å². The zero-order chi connectivity index (χ0) is 22.5. The number of aliphatic imine (C=N–C) groups is 1. The number of nitrogens with one attached hydrogen (secondary N) is 1. The van der Waals surface area contributed by atoms with Crippen LogP contribution in [0.3, 0.4) is 0 Å². The highest BCUT2D eigenvalue weighted by atomic mass is 19.4. The van der Waals surface area contributed by atoms with Crippen molar-refractivity contribution in [1.82, 2.24) is 19.8 Å². The molecule has 0 bridgehead atoms. The van der Waals surface area contributed by atoms with Gasteiger partial charge in [0, 0.05) is 70.8 Å². The topological polar surface area (TPSA) is 68.9 Å². The number of aliphatic hydroxyl groups is 1. The number of hydrogen-bond acceptors (Lipinski definition) is 4. The van der Waals surface area contributed by atoms with Gasteiger partial charge in [0.25, 0.3) is 0 Å². The average Bonchev–Trinajstić information content (AvgIpc) is 3.19. The molecule has 2 N–H and O–H groups in total. The molecule has 1 atom stereocenters. The van der Waals surface area contributed by atoms with Crippen molar-refractivity contribution in [3.05, 3.63) is 48.5 Å². The van der Waals surface area contributed by atoms with Crippen molar-refractivity contribution in [3.63, 3.8) is 0 Å². The number of aryl methyl sites for hydroxylation is 1. The summed E-state index contributed by atoms with van der Waals surface area (Å²) >= 11 is 0. The molecule has 0 amide bonds. The Morgan fingerprint density at radius 3 is 2.39 bits per heavy atom. The number of nitrogens with zero attached hydrogens (tertiary/aromatic N) is 5. The lowest BCUT2D eigenvalue weighted by atomic mass is 9.98. The van der Waals surface area contributed by atoms with Gasteiger partial charge in [0.1, 0.15) is 5.82 Å². The van der Waals surface area contributed by atoms with Crippen LogP contribution >= 0.6 is 0 Å². The predicted octanol–water partition coefficient (Wildman–Crippen LogP) is 2.35. The standard InChI is InChI=1S/C21H29F3N6O/c1-3-25-19(30-15-13-29(14-16-30)17-7-5-4-6-8-17)27-10-9-20(31,21(22,23)24)18-26-11-12-28(18)2/h4-8,11-12,31H,3,9-10,13-16H2,1-2H3,(H,25,27). The summed E-state index contributed by atoms with van der Waals surface area (Å²) in [6, 6.07) is 10.1. The summed E-state index contributed by atoms with van der Waals surface area (Å²) in [6.07, 6.45) is -2.85. The van der Waals surface area contributed by atoms with E-state index in [1.54, 1.807) is 0 Å². The molecule has 31 heavy (non-hydrogen) atoms. The number of halogens is 3. The number of piperazine rings is 1. The minimum atomic E-state index is -4.86. The molecule has 2 aromatic rings. The summed E-state index contributed by atoms with van der Waals surface area (Å²) in [7, 11) is 1.43. The second-order valence-electron chi connectivity index (χ2n) is 7.52. The van der Waals surface area contributed by atoms with Gasteiger partial charge in [-0.15, -0.1) is 0 Å². The second kappa shape index (κ2) is 9.59. The van der Waals surface area contributed by atoms with E-state index in [1.807, 2.05) is 30.0 Å². The molecular formula is C21H29F3N6O.